The van der Waals surface area contributed by atoms with Crippen LogP contribution in [0.15, 0.2) is 48.7 Å². The highest BCUT2D eigenvalue weighted by atomic mass is 15.3. The third-order valence-corrected chi connectivity index (χ3v) is 3.40. The Morgan fingerprint density at radius 3 is 2.45 bits per heavy atom. The Labute approximate surface area is 131 Å². The fourth-order valence-corrected chi connectivity index (χ4v) is 2.40. The molecule has 0 amide bonds. The van der Waals surface area contributed by atoms with E-state index in [9.17, 15) is 0 Å². The lowest BCUT2D eigenvalue weighted by Crippen LogP contribution is -1.94. The van der Waals surface area contributed by atoms with Crippen molar-refractivity contribution < 1.29 is 0 Å². The van der Waals surface area contributed by atoms with Crippen molar-refractivity contribution in [1.29, 1.82) is 5.26 Å². The first kappa shape index (κ1) is 15.8. The summed E-state index contributed by atoms with van der Waals surface area (Å²) in [7, 11) is 0. The van der Waals surface area contributed by atoms with Crippen molar-refractivity contribution >= 4 is 10.9 Å². The standard InChI is InChI=1S/C17H15N3.C2H6/c1-2-4-14-5-3-6-15-12-20(19-17(14)15)16-9-7-13(11-18)8-10-16;1-2/h3,5-10,12H,2,4H2,1H3;1-2H3. The Morgan fingerprint density at radius 1 is 1.09 bits per heavy atom. The van der Waals surface area contributed by atoms with Crippen LogP contribution in [0.5, 0.6) is 0 Å². The lowest BCUT2D eigenvalue weighted by Gasteiger charge is -2.00. The van der Waals surface area contributed by atoms with Crippen LogP contribution in [0.4, 0.5) is 0 Å². The number of hydrogen-bond acceptors (Lipinski definition) is 2. The molecule has 0 radical (unpaired) electrons. The fraction of sp³-hybridized carbons (Fsp3) is 0.263. The molecule has 0 fully saturated rings. The molecule has 0 bridgehead atoms. The molecule has 3 heteroatoms. The summed E-state index contributed by atoms with van der Waals surface area (Å²) in [5.41, 5.74) is 4.00. The van der Waals surface area contributed by atoms with E-state index in [4.69, 9.17) is 10.4 Å². The third-order valence-electron chi connectivity index (χ3n) is 3.40. The normalized spacial score (nSPS) is 9.91. The molecule has 0 atom stereocenters. The molecule has 22 heavy (non-hydrogen) atoms. The van der Waals surface area contributed by atoms with E-state index in [1.165, 1.54) is 5.56 Å². The number of nitrogens with zero attached hydrogens (tertiary/aromatic N) is 3. The van der Waals surface area contributed by atoms with Crippen LogP contribution in [0.25, 0.3) is 16.6 Å². The van der Waals surface area contributed by atoms with Crippen molar-refractivity contribution in [3.05, 3.63) is 59.8 Å². The molecule has 0 aliphatic rings. The second-order valence-electron chi connectivity index (χ2n) is 4.84. The number of rotatable bonds is 3. The Kier molecular flexibility index (Phi) is 5.32. The van der Waals surface area contributed by atoms with Gasteiger partial charge in [0.25, 0.3) is 0 Å². The number of benzene rings is 2. The van der Waals surface area contributed by atoms with Gasteiger partial charge in [0, 0.05) is 11.6 Å². The van der Waals surface area contributed by atoms with Gasteiger partial charge in [-0.3, -0.25) is 0 Å². The predicted octanol–water partition coefficient (Wildman–Crippen LogP) is 4.88. The Bertz CT molecular complexity index is 777. The molecule has 2 aromatic carbocycles. The van der Waals surface area contributed by atoms with Crippen molar-refractivity contribution in [3.8, 4) is 11.8 Å². The molecule has 0 N–H and O–H groups in total. The van der Waals surface area contributed by atoms with Gasteiger partial charge in [-0.05, 0) is 36.2 Å². The quantitative estimate of drug-likeness (QED) is 0.690. The van der Waals surface area contributed by atoms with E-state index in [2.05, 4.69) is 31.2 Å². The second kappa shape index (κ2) is 7.42. The molecule has 3 rings (SSSR count). The van der Waals surface area contributed by atoms with E-state index >= 15 is 0 Å². The number of hydrogen-bond donors (Lipinski definition) is 0. The molecule has 3 nitrogen and oxygen atoms in total. The van der Waals surface area contributed by atoms with Crippen molar-refractivity contribution in [2.24, 2.45) is 0 Å². The van der Waals surface area contributed by atoms with Crippen LogP contribution in [0.3, 0.4) is 0 Å². The summed E-state index contributed by atoms with van der Waals surface area (Å²) in [5, 5.41) is 14.7. The molecule has 0 aliphatic carbocycles. The average molecular weight is 291 g/mol. The maximum atomic E-state index is 8.84. The number of aryl methyl sites for hydroxylation is 1. The van der Waals surface area contributed by atoms with Gasteiger partial charge in [-0.25, -0.2) is 4.68 Å². The van der Waals surface area contributed by atoms with Gasteiger partial charge in [-0.15, -0.1) is 0 Å². The van der Waals surface area contributed by atoms with Gasteiger partial charge in [-0.2, -0.15) is 10.4 Å². The van der Waals surface area contributed by atoms with Crippen LogP contribution < -0.4 is 0 Å². The summed E-state index contributed by atoms with van der Waals surface area (Å²) in [6, 6.07) is 15.9. The molecule has 3 aromatic rings. The molecule has 0 unspecified atom stereocenters. The van der Waals surface area contributed by atoms with Gasteiger partial charge in [0.2, 0.25) is 0 Å². The highest BCUT2D eigenvalue weighted by molar-refractivity contribution is 5.81. The highest BCUT2D eigenvalue weighted by Crippen LogP contribution is 2.20. The summed E-state index contributed by atoms with van der Waals surface area (Å²) >= 11 is 0. The minimum absolute atomic E-state index is 0.664. The van der Waals surface area contributed by atoms with E-state index in [-0.39, 0.29) is 0 Å². The summed E-state index contributed by atoms with van der Waals surface area (Å²) in [5.74, 6) is 0. The first-order valence-corrected chi connectivity index (χ1v) is 7.79. The first-order valence-electron chi connectivity index (χ1n) is 7.79. The van der Waals surface area contributed by atoms with Gasteiger partial charge in [-0.1, -0.05) is 45.4 Å². The van der Waals surface area contributed by atoms with Crippen LogP contribution >= 0.6 is 0 Å². The summed E-state index contributed by atoms with van der Waals surface area (Å²) in [6.45, 7) is 6.18. The molecular formula is C19H21N3. The molecule has 0 spiro atoms. The van der Waals surface area contributed by atoms with Gasteiger partial charge < -0.3 is 0 Å². The van der Waals surface area contributed by atoms with E-state index in [1.807, 2.05) is 49.0 Å². The van der Waals surface area contributed by atoms with Crippen LogP contribution in [0.2, 0.25) is 0 Å². The van der Waals surface area contributed by atoms with E-state index in [1.54, 1.807) is 0 Å². The topological polar surface area (TPSA) is 41.6 Å². The molecule has 112 valence electrons. The van der Waals surface area contributed by atoms with Gasteiger partial charge in [0.05, 0.1) is 22.8 Å². The van der Waals surface area contributed by atoms with Crippen molar-refractivity contribution in [3.63, 3.8) is 0 Å². The number of aromatic nitrogens is 2. The minimum atomic E-state index is 0.664. The third kappa shape index (κ3) is 3.17. The predicted molar refractivity (Wildman–Crippen MR) is 91.1 cm³/mol. The Morgan fingerprint density at radius 2 is 1.82 bits per heavy atom. The van der Waals surface area contributed by atoms with E-state index in [0.717, 1.165) is 29.4 Å². The molecule has 1 heterocycles. The van der Waals surface area contributed by atoms with Crippen LogP contribution in [0.1, 0.15) is 38.3 Å². The molecule has 0 saturated carbocycles. The summed E-state index contributed by atoms with van der Waals surface area (Å²) < 4.78 is 1.88. The first-order chi connectivity index (χ1) is 10.8. The number of nitriles is 1. The zero-order chi connectivity index (χ0) is 15.9. The zero-order valence-electron chi connectivity index (χ0n) is 13.4. The average Bonchev–Trinajstić information content (AvgIpc) is 3.02. The lowest BCUT2D eigenvalue weighted by molar-refractivity contribution is 0.882. The Balaban J connectivity index is 0.000000847. The summed E-state index contributed by atoms with van der Waals surface area (Å²) in [4.78, 5) is 0. The van der Waals surface area contributed by atoms with Crippen LogP contribution in [-0.4, -0.2) is 9.78 Å². The molecule has 0 saturated heterocycles. The monoisotopic (exact) mass is 291 g/mol. The SMILES string of the molecule is CC.CCCc1cccc2cn(-c3ccc(C#N)cc3)nc12. The van der Waals surface area contributed by atoms with E-state index < -0.39 is 0 Å². The van der Waals surface area contributed by atoms with Crippen molar-refractivity contribution in [2.45, 2.75) is 33.6 Å². The Hall–Kier alpha value is -2.60. The molecular weight excluding hydrogens is 270 g/mol. The minimum Gasteiger partial charge on any atom is -0.240 e. The van der Waals surface area contributed by atoms with Gasteiger partial charge in [0.15, 0.2) is 0 Å². The second-order valence-corrected chi connectivity index (χ2v) is 4.84. The maximum Gasteiger partial charge on any atom is 0.0991 e. The molecule has 1 aromatic heterocycles. The van der Waals surface area contributed by atoms with E-state index in [0.29, 0.717) is 5.56 Å². The van der Waals surface area contributed by atoms with Gasteiger partial charge in [0.1, 0.15) is 0 Å². The maximum absolute atomic E-state index is 8.84. The highest BCUT2D eigenvalue weighted by Gasteiger charge is 2.06. The largest absolute Gasteiger partial charge is 0.240 e. The smallest absolute Gasteiger partial charge is 0.0991 e. The van der Waals surface area contributed by atoms with Crippen molar-refractivity contribution in [1.82, 2.24) is 9.78 Å². The molecule has 0 aliphatic heterocycles. The zero-order valence-corrected chi connectivity index (χ0v) is 13.4. The summed E-state index contributed by atoms with van der Waals surface area (Å²) in [6.07, 6.45) is 4.19. The van der Waals surface area contributed by atoms with Crippen LogP contribution in [-0.2, 0) is 6.42 Å². The number of fused-ring (bicyclic) bond motifs is 1. The van der Waals surface area contributed by atoms with Crippen LogP contribution in [0, 0.1) is 11.3 Å². The van der Waals surface area contributed by atoms with Gasteiger partial charge >= 0.3 is 0 Å². The lowest BCUT2D eigenvalue weighted by atomic mass is 10.1. The van der Waals surface area contributed by atoms with Crippen molar-refractivity contribution in [2.75, 3.05) is 0 Å². The fourth-order valence-electron chi connectivity index (χ4n) is 2.40.